The van der Waals surface area contributed by atoms with Gasteiger partial charge >= 0.3 is 0 Å². The van der Waals surface area contributed by atoms with Crippen LogP contribution < -0.4 is 5.32 Å². The van der Waals surface area contributed by atoms with Crippen LogP contribution in [0.5, 0.6) is 0 Å². The molecule has 3 nitrogen and oxygen atoms in total. The molecule has 1 rings (SSSR count). The molecule has 1 aromatic rings. The number of amides is 1. The number of halogens is 1. The molecule has 1 N–H and O–H groups in total. The lowest BCUT2D eigenvalue weighted by atomic mass is 10.3. The van der Waals surface area contributed by atoms with Crippen LogP contribution in [-0.2, 0) is 4.79 Å². The normalized spacial score (nSPS) is 12.5. The number of carbonyl (C=O) groups excluding carboxylic acids is 1. The van der Waals surface area contributed by atoms with Gasteiger partial charge in [0.15, 0.2) is 5.13 Å². The highest BCUT2D eigenvalue weighted by atomic mass is 79.9. The molecule has 0 aliphatic heterocycles. The Kier molecular flexibility index (Phi) is 3.87. The molecular formula is C8H11BrN2OS. The highest BCUT2D eigenvalue weighted by Gasteiger charge is 2.13. The van der Waals surface area contributed by atoms with Crippen LogP contribution in [0, 0.1) is 6.92 Å². The van der Waals surface area contributed by atoms with E-state index in [0.717, 1.165) is 11.3 Å². The first-order valence-electron chi connectivity index (χ1n) is 4.01. The summed E-state index contributed by atoms with van der Waals surface area (Å²) in [6, 6.07) is 0. The predicted octanol–water partition coefficient (Wildman–Crippen LogP) is 2.56. The molecular weight excluding hydrogens is 252 g/mol. The molecule has 0 radical (unpaired) electrons. The zero-order valence-electron chi connectivity index (χ0n) is 7.50. The topological polar surface area (TPSA) is 42.0 Å². The van der Waals surface area contributed by atoms with Crippen LogP contribution >= 0.6 is 27.3 Å². The Labute approximate surface area is 89.7 Å². The van der Waals surface area contributed by atoms with Crippen molar-refractivity contribution in [3.05, 3.63) is 11.1 Å². The lowest BCUT2D eigenvalue weighted by Crippen LogP contribution is -2.21. The summed E-state index contributed by atoms with van der Waals surface area (Å²) >= 11 is 4.75. The first-order valence-corrected chi connectivity index (χ1v) is 5.74. The average molecular weight is 263 g/mol. The first-order chi connectivity index (χ1) is 6.13. The van der Waals surface area contributed by atoms with Gasteiger partial charge in [0.25, 0.3) is 0 Å². The molecule has 13 heavy (non-hydrogen) atoms. The minimum absolute atomic E-state index is 0.0307. The number of nitrogens with one attached hydrogen (secondary N) is 1. The Hall–Kier alpha value is -0.420. The molecule has 1 amide bonds. The summed E-state index contributed by atoms with van der Waals surface area (Å²) in [6.07, 6.45) is 2.52. The van der Waals surface area contributed by atoms with Gasteiger partial charge in [-0.05, 0) is 13.3 Å². The van der Waals surface area contributed by atoms with Crippen LogP contribution in [0.25, 0.3) is 0 Å². The summed E-state index contributed by atoms with van der Waals surface area (Å²) in [5.74, 6) is -0.0307. The molecule has 1 aromatic heterocycles. The van der Waals surface area contributed by atoms with Gasteiger partial charge in [-0.2, -0.15) is 0 Å². The van der Waals surface area contributed by atoms with Crippen molar-refractivity contribution in [1.82, 2.24) is 4.98 Å². The number of thiazole rings is 1. The fourth-order valence-corrected chi connectivity index (χ4v) is 1.56. The Balaban J connectivity index is 2.54. The zero-order valence-corrected chi connectivity index (χ0v) is 9.91. The van der Waals surface area contributed by atoms with Gasteiger partial charge in [-0.25, -0.2) is 4.98 Å². The second kappa shape index (κ2) is 4.72. The average Bonchev–Trinajstić information content (AvgIpc) is 2.49. The molecule has 1 heterocycles. The third kappa shape index (κ3) is 3.08. The van der Waals surface area contributed by atoms with Crippen molar-refractivity contribution in [2.45, 2.75) is 25.1 Å². The SMILES string of the molecule is CCC(Br)C(=O)Nc1ncc(C)s1. The van der Waals surface area contributed by atoms with Crippen molar-refractivity contribution in [1.29, 1.82) is 0 Å². The number of aryl methyl sites for hydroxylation is 1. The van der Waals surface area contributed by atoms with E-state index in [1.54, 1.807) is 6.20 Å². The van der Waals surface area contributed by atoms with E-state index in [1.165, 1.54) is 11.3 Å². The number of carbonyl (C=O) groups is 1. The second-order valence-electron chi connectivity index (χ2n) is 2.64. The highest BCUT2D eigenvalue weighted by Crippen LogP contribution is 2.17. The van der Waals surface area contributed by atoms with Gasteiger partial charge in [-0.1, -0.05) is 22.9 Å². The molecule has 0 aliphatic rings. The van der Waals surface area contributed by atoms with Crippen molar-refractivity contribution in [3.63, 3.8) is 0 Å². The Morgan fingerprint density at radius 3 is 3.00 bits per heavy atom. The van der Waals surface area contributed by atoms with Crippen LogP contribution in [0.3, 0.4) is 0 Å². The summed E-state index contributed by atoms with van der Waals surface area (Å²) in [7, 11) is 0. The third-order valence-corrected chi connectivity index (χ3v) is 3.39. The minimum atomic E-state index is -0.128. The lowest BCUT2D eigenvalue weighted by molar-refractivity contribution is -0.115. The van der Waals surface area contributed by atoms with Gasteiger partial charge in [0.05, 0.1) is 4.83 Å². The van der Waals surface area contributed by atoms with Gasteiger partial charge in [0.1, 0.15) is 0 Å². The van der Waals surface area contributed by atoms with E-state index in [4.69, 9.17) is 0 Å². The van der Waals surface area contributed by atoms with Crippen LogP contribution in [-0.4, -0.2) is 15.7 Å². The molecule has 0 fully saturated rings. The van der Waals surface area contributed by atoms with Crippen molar-refractivity contribution in [3.8, 4) is 0 Å². The van der Waals surface area contributed by atoms with Crippen molar-refractivity contribution in [2.24, 2.45) is 0 Å². The third-order valence-electron chi connectivity index (χ3n) is 1.49. The summed E-state index contributed by atoms with van der Waals surface area (Å²) in [5, 5.41) is 3.40. The van der Waals surface area contributed by atoms with Crippen LogP contribution in [0.1, 0.15) is 18.2 Å². The number of hydrogen-bond acceptors (Lipinski definition) is 3. The largest absolute Gasteiger partial charge is 0.301 e. The number of alkyl halides is 1. The van der Waals surface area contributed by atoms with Gasteiger partial charge in [0.2, 0.25) is 5.91 Å². The molecule has 0 spiro atoms. The molecule has 1 atom stereocenters. The van der Waals surface area contributed by atoms with E-state index in [-0.39, 0.29) is 10.7 Å². The van der Waals surface area contributed by atoms with Crippen LogP contribution in [0.4, 0.5) is 5.13 Å². The van der Waals surface area contributed by atoms with E-state index >= 15 is 0 Å². The van der Waals surface area contributed by atoms with E-state index in [0.29, 0.717) is 5.13 Å². The summed E-state index contributed by atoms with van der Waals surface area (Å²) in [4.78, 5) is 16.4. The zero-order chi connectivity index (χ0) is 9.84. The van der Waals surface area contributed by atoms with Gasteiger partial charge in [-0.3, -0.25) is 4.79 Å². The predicted molar refractivity (Wildman–Crippen MR) is 58.5 cm³/mol. The quantitative estimate of drug-likeness (QED) is 0.851. The van der Waals surface area contributed by atoms with Crippen molar-refractivity contribution >= 4 is 38.3 Å². The molecule has 0 bridgehead atoms. The number of nitrogens with zero attached hydrogens (tertiary/aromatic N) is 1. The maximum atomic E-state index is 11.4. The summed E-state index contributed by atoms with van der Waals surface area (Å²) < 4.78 is 0. The van der Waals surface area contributed by atoms with Gasteiger partial charge < -0.3 is 5.32 Å². The van der Waals surface area contributed by atoms with Crippen LogP contribution in [0.2, 0.25) is 0 Å². The number of hydrogen-bond donors (Lipinski definition) is 1. The molecule has 72 valence electrons. The summed E-state index contributed by atoms with van der Waals surface area (Å²) in [5.41, 5.74) is 0. The first kappa shape index (κ1) is 10.7. The van der Waals surface area contributed by atoms with E-state index in [2.05, 4.69) is 26.2 Å². The summed E-state index contributed by atoms with van der Waals surface area (Å²) in [6.45, 7) is 3.91. The maximum absolute atomic E-state index is 11.4. The van der Waals surface area contributed by atoms with Crippen molar-refractivity contribution in [2.75, 3.05) is 5.32 Å². The second-order valence-corrected chi connectivity index (χ2v) is 4.98. The number of anilines is 1. The van der Waals surface area contributed by atoms with Crippen LogP contribution in [0.15, 0.2) is 6.20 Å². The molecule has 0 saturated carbocycles. The highest BCUT2D eigenvalue weighted by molar-refractivity contribution is 9.10. The maximum Gasteiger partial charge on any atom is 0.239 e. The Morgan fingerprint density at radius 1 is 1.85 bits per heavy atom. The van der Waals surface area contributed by atoms with E-state index in [9.17, 15) is 4.79 Å². The molecule has 0 aromatic carbocycles. The number of aromatic nitrogens is 1. The molecule has 0 aliphatic carbocycles. The minimum Gasteiger partial charge on any atom is -0.301 e. The Bertz CT molecular complexity index is 300. The van der Waals surface area contributed by atoms with Gasteiger partial charge in [-0.15, -0.1) is 11.3 Å². The fraction of sp³-hybridized carbons (Fsp3) is 0.500. The lowest BCUT2D eigenvalue weighted by Gasteiger charge is -2.04. The smallest absolute Gasteiger partial charge is 0.239 e. The molecule has 1 unspecified atom stereocenters. The van der Waals surface area contributed by atoms with E-state index in [1.807, 2.05) is 13.8 Å². The molecule has 0 saturated heterocycles. The van der Waals surface area contributed by atoms with Crippen molar-refractivity contribution < 1.29 is 4.79 Å². The monoisotopic (exact) mass is 262 g/mol. The van der Waals surface area contributed by atoms with Gasteiger partial charge in [0, 0.05) is 11.1 Å². The fourth-order valence-electron chi connectivity index (χ4n) is 0.782. The molecule has 5 heteroatoms. The number of rotatable bonds is 3. The Morgan fingerprint density at radius 2 is 2.54 bits per heavy atom. The van der Waals surface area contributed by atoms with E-state index < -0.39 is 0 Å². The standard InChI is InChI=1S/C8H11BrN2OS/c1-3-6(9)7(12)11-8-10-4-5(2)13-8/h4,6H,3H2,1-2H3,(H,10,11,12).